The summed E-state index contributed by atoms with van der Waals surface area (Å²) in [6.45, 7) is 6.72. The van der Waals surface area contributed by atoms with Gasteiger partial charge in [-0.1, -0.05) is 52.9 Å². The third-order valence-corrected chi connectivity index (χ3v) is 3.43. The topological polar surface area (TPSA) is 43.4 Å². The van der Waals surface area contributed by atoms with Crippen LogP contribution in [0.1, 0.15) is 78.6 Å². The van der Waals surface area contributed by atoms with Gasteiger partial charge in [0.25, 0.3) is 0 Å². The monoisotopic (exact) mass is 270 g/mol. The first-order chi connectivity index (χ1) is 9.15. The van der Waals surface area contributed by atoms with Gasteiger partial charge in [-0.15, -0.1) is 0 Å². The molecule has 0 rings (SSSR count). The zero-order chi connectivity index (χ0) is 14.5. The van der Waals surface area contributed by atoms with Crippen molar-refractivity contribution < 1.29 is 14.3 Å². The highest BCUT2D eigenvalue weighted by molar-refractivity contribution is 5.96. The number of carbonyl (C=O) groups is 2. The van der Waals surface area contributed by atoms with E-state index >= 15 is 0 Å². The van der Waals surface area contributed by atoms with Crippen molar-refractivity contribution in [2.24, 2.45) is 5.92 Å². The zero-order valence-corrected chi connectivity index (χ0v) is 12.9. The van der Waals surface area contributed by atoms with Crippen LogP contribution in [0.4, 0.5) is 0 Å². The minimum atomic E-state index is -0.352. The molecule has 0 aliphatic carbocycles. The molecule has 0 heterocycles. The minimum Gasteiger partial charge on any atom is -0.465 e. The van der Waals surface area contributed by atoms with E-state index in [-0.39, 0.29) is 24.1 Å². The van der Waals surface area contributed by atoms with Gasteiger partial charge in [-0.05, 0) is 19.3 Å². The summed E-state index contributed by atoms with van der Waals surface area (Å²) in [6.07, 6.45) is 8.14. The van der Waals surface area contributed by atoms with Crippen LogP contribution in [0, 0.1) is 5.92 Å². The van der Waals surface area contributed by atoms with Gasteiger partial charge in [-0.2, -0.15) is 0 Å². The van der Waals surface area contributed by atoms with E-state index in [9.17, 15) is 9.59 Å². The van der Waals surface area contributed by atoms with E-state index in [1.54, 1.807) is 0 Å². The van der Waals surface area contributed by atoms with Crippen molar-refractivity contribution in [2.75, 3.05) is 6.61 Å². The van der Waals surface area contributed by atoms with E-state index in [0.29, 0.717) is 6.61 Å². The molecule has 0 N–H and O–H groups in total. The van der Waals surface area contributed by atoms with Crippen LogP contribution in [0.3, 0.4) is 0 Å². The summed E-state index contributed by atoms with van der Waals surface area (Å²) < 4.78 is 5.08. The number of carbonyl (C=O) groups excluding carboxylic acids is 2. The average Bonchev–Trinajstić information content (AvgIpc) is 2.39. The summed E-state index contributed by atoms with van der Waals surface area (Å²) in [5, 5.41) is 0. The highest BCUT2D eigenvalue weighted by Crippen LogP contribution is 2.16. The van der Waals surface area contributed by atoms with E-state index in [0.717, 1.165) is 51.4 Å². The molecule has 1 atom stereocenters. The standard InChI is InChI=1S/C16H30O3/c1-4-7-9-11-14(6-3)15(17)13-16(18)19-12-10-8-5-2/h14H,4-13H2,1-3H3. The third kappa shape index (κ3) is 9.69. The van der Waals surface area contributed by atoms with Crippen LogP contribution in [-0.4, -0.2) is 18.4 Å². The number of hydrogen-bond acceptors (Lipinski definition) is 3. The Kier molecular flexibility index (Phi) is 11.6. The molecule has 0 saturated heterocycles. The van der Waals surface area contributed by atoms with Crippen molar-refractivity contribution >= 4 is 11.8 Å². The van der Waals surface area contributed by atoms with Crippen LogP contribution in [-0.2, 0) is 14.3 Å². The number of ether oxygens (including phenoxy) is 1. The smallest absolute Gasteiger partial charge is 0.313 e. The molecule has 19 heavy (non-hydrogen) atoms. The number of unbranched alkanes of at least 4 members (excludes halogenated alkanes) is 4. The summed E-state index contributed by atoms with van der Waals surface area (Å²) in [6, 6.07) is 0. The summed E-state index contributed by atoms with van der Waals surface area (Å²) in [7, 11) is 0. The van der Waals surface area contributed by atoms with Gasteiger partial charge in [0.15, 0.2) is 0 Å². The van der Waals surface area contributed by atoms with Gasteiger partial charge >= 0.3 is 5.97 Å². The molecule has 0 aromatic heterocycles. The number of Topliss-reactive ketones (excluding diaryl/α,β-unsaturated/α-hetero) is 1. The fraction of sp³-hybridized carbons (Fsp3) is 0.875. The summed E-state index contributed by atoms with van der Waals surface area (Å²) >= 11 is 0. The molecular weight excluding hydrogens is 240 g/mol. The maximum Gasteiger partial charge on any atom is 0.313 e. The zero-order valence-electron chi connectivity index (χ0n) is 12.9. The quantitative estimate of drug-likeness (QED) is 0.302. The van der Waals surface area contributed by atoms with Gasteiger partial charge in [-0.3, -0.25) is 9.59 Å². The SMILES string of the molecule is CCCCCOC(=O)CC(=O)C(CC)CCCCC. The lowest BCUT2D eigenvalue weighted by Gasteiger charge is -2.13. The van der Waals surface area contributed by atoms with Crippen LogP contribution >= 0.6 is 0 Å². The molecule has 0 aromatic rings. The van der Waals surface area contributed by atoms with Crippen LogP contribution < -0.4 is 0 Å². The maximum atomic E-state index is 12.0. The van der Waals surface area contributed by atoms with Crippen LogP contribution in [0.5, 0.6) is 0 Å². The lowest BCUT2D eigenvalue weighted by atomic mass is 9.92. The summed E-state index contributed by atoms with van der Waals surface area (Å²) in [5.41, 5.74) is 0. The van der Waals surface area contributed by atoms with E-state index in [1.165, 1.54) is 0 Å². The van der Waals surface area contributed by atoms with Crippen molar-refractivity contribution in [3.05, 3.63) is 0 Å². The van der Waals surface area contributed by atoms with Crippen molar-refractivity contribution in [3.8, 4) is 0 Å². The average molecular weight is 270 g/mol. The molecule has 0 aromatic carbocycles. The van der Waals surface area contributed by atoms with Crippen LogP contribution in [0.25, 0.3) is 0 Å². The molecule has 3 nitrogen and oxygen atoms in total. The first kappa shape index (κ1) is 18.1. The molecule has 3 heteroatoms. The van der Waals surface area contributed by atoms with Crippen LogP contribution in [0.15, 0.2) is 0 Å². The molecule has 0 spiro atoms. The highest BCUT2D eigenvalue weighted by atomic mass is 16.5. The lowest BCUT2D eigenvalue weighted by Crippen LogP contribution is -2.19. The predicted octanol–water partition coefficient (Wildman–Crippen LogP) is 4.29. The lowest BCUT2D eigenvalue weighted by molar-refractivity contribution is -0.147. The molecule has 1 unspecified atom stereocenters. The van der Waals surface area contributed by atoms with Crippen molar-refractivity contribution in [2.45, 2.75) is 78.6 Å². The summed E-state index contributed by atoms with van der Waals surface area (Å²) in [5.74, 6) is -0.260. The number of hydrogen-bond donors (Lipinski definition) is 0. The molecule has 0 amide bonds. The minimum absolute atomic E-state index is 0.0368. The largest absolute Gasteiger partial charge is 0.465 e. The van der Waals surface area contributed by atoms with E-state index in [2.05, 4.69) is 13.8 Å². The Bertz CT molecular complexity index is 248. The van der Waals surface area contributed by atoms with E-state index in [1.807, 2.05) is 6.92 Å². The number of ketones is 1. The predicted molar refractivity (Wildman–Crippen MR) is 78.0 cm³/mol. The van der Waals surface area contributed by atoms with E-state index < -0.39 is 0 Å². The molecule has 0 radical (unpaired) electrons. The van der Waals surface area contributed by atoms with Gasteiger partial charge in [0.2, 0.25) is 0 Å². The van der Waals surface area contributed by atoms with Gasteiger partial charge < -0.3 is 4.74 Å². The summed E-state index contributed by atoms with van der Waals surface area (Å²) in [4.78, 5) is 23.5. The van der Waals surface area contributed by atoms with Gasteiger partial charge in [0.1, 0.15) is 12.2 Å². The fourth-order valence-electron chi connectivity index (χ4n) is 2.11. The Morgan fingerprint density at radius 1 is 0.947 bits per heavy atom. The molecule has 0 saturated carbocycles. The maximum absolute atomic E-state index is 12.0. The van der Waals surface area contributed by atoms with Gasteiger partial charge in [0, 0.05) is 5.92 Å². The Labute approximate surface area is 118 Å². The third-order valence-electron chi connectivity index (χ3n) is 3.43. The van der Waals surface area contributed by atoms with Gasteiger partial charge in [-0.25, -0.2) is 0 Å². The second kappa shape index (κ2) is 12.2. The Morgan fingerprint density at radius 2 is 1.58 bits per heavy atom. The normalized spacial score (nSPS) is 12.2. The van der Waals surface area contributed by atoms with Crippen molar-refractivity contribution in [1.82, 2.24) is 0 Å². The Hall–Kier alpha value is -0.860. The first-order valence-electron chi connectivity index (χ1n) is 7.83. The molecule has 0 aliphatic rings. The molecule has 0 aliphatic heterocycles. The van der Waals surface area contributed by atoms with Crippen LogP contribution in [0.2, 0.25) is 0 Å². The Balaban J connectivity index is 3.86. The molecule has 112 valence electrons. The highest BCUT2D eigenvalue weighted by Gasteiger charge is 2.19. The van der Waals surface area contributed by atoms with Gasteiger partial charge in [0.05, 0.1) is 6.61 Å². The molecule has 0 fully saturated rings. The second-order valence-electron chi connectivity index (χ2n) is 5.17. The Morgan fingerprint density at radius 3 is 2.16 bits per heavy atom. The van der Waals surface area contributed by atoms with E-state index in [4.69, 9.17) is 4.74 Å². The fourth-order valence-corrected chi connectivity index (χ4v) is 2.11. The molecule has 0 bridgehead atoms. The molecular formula is C16H30O3. The number of esters is 1. The van der Waals surface area contributed by atoms with Crippen molar-refractivity contribution in [1.29, 1.82) is 0 Å². The first-order valence-corrected chi connectivity index (χ1v) is 7.83. The number of rotatable bonds is 12. The second-order valence-corrected chi connectivity index (χ2v) is 5.17. The van der Waals surface area contributed by atoms with Crippen molar-refractivity contribution in [3.63, 3.8) is 0 Å².